The van der Waals surface area contributed by atoms with Crippen LogP contribution in [0.2, 0.25) is 10.0 Å². The molecule has 1 saturated carbocycles. The van der Waals surface area contributed by atoms with Crippen molar-refractivity contribution in [2.45, 2.75) is 31.8 Å². The molecule has 2 fully saturated rings. The Kier molecular flexibility index (Phi) is 6.09. The van der Waals surface area contributed by atoms with Crippen LogP contribution in [0, 0.1) is 17.2 Å². The molecule has 4 aromatic rings. The van der Waals surface area contributed by atoms with Gasteiger partial charge >= 0.3 is 11.4 Å². The van der Waals surface area contributed by atoms with Crippen LogP contribution < -0.4 is 16.3 Å². The molecule has 218 valence electrons. The zero-order valence-corrected chi connectivity index (χ0v) is 24.1. The first-order valence-corrected chi connectivity index (χ1v) is 14.3. The molecule has 7 rings (SSSR count). The number of fused-ring (bicyclic) bond motifs is 4. The molecule has 2 amide bonds. The number of para-hydroxylation sites is 1. The van der Waals surface area contributed by atoms with E-state index < -0.39 is 52.3 Å². The van der Waals surface area contributed by atoms with Gasteiger partial charge in [-0.3, -0.25) is 9.59 Å². The van der Waals surface area contributed by atoms with Crippen molar-refractivity contribution in [2.75, 3.05) is 4.90 Å². The second kappa shape index (κ2) is 9.55. The number of hydrogen-bond acceptors (Lipinski definition) is 5. The summed E-state index contributed by atoms with van der Waals surface area (Å²) in [7, 11) is 0. The van der Waals surface area contributed by atoms with E-state index in [1.165, 1.54) is 33.6 Å². The van der Waals surface area contributed by atoms with E-state index in [0.29, 0.717) is 16.8 Å². The number of nitrogens with zero attached hydrogens (tertiary/aromatic N) is 4. The molecular weight excluding hydrogens is 598 g/mol. The van der Waals surface area contributed by atoms with Gasteiger partial charge in [-0.1, -0.05) is 53.5 Å². The summed E-state index contributed by atoms with van der Waals surface area (Å²) in [4.78, 5) is 57.0. The van der Waals surface area contributed by atoms with E-state index in [0.717, 1.165) is 15.5 Å². The SMILES string of the molecule is C[C@@]12C(=O)N(c3ccc(F)c(Cl)c3)C(=O)[C@@H]1C[C@@H]1C(=CCn3c(=O)n(-c4ccccc4)c(=O)n31)[C@@H]2c1ccc(O)cc1Cl. The molecule has 3 aromatic carbocycles. The number of anilines is 1. The lowest BCUT2D eigenvalue weighted by Crippen LogP contribution is -2.49. The number of aromatic nitrogens is 3. The lowest BCUT2D eigenvalue weighted by molar-refractivity contribution is -0.129. The van der Waals surface area contributed by atoms with Crippen LogP contribution in [0.5, 0.6) is 5.75 Å². The molecule has 1 aromatic heterocycles. The number of carbonyl (C=O) groups excluding carboxylic acids is 2. The van der Waals surface area contributed by atoms with Gasteiger partial charge in [0, 0.05) is 10.9 Å². The van der Waals surface area contributed by atoms with Crippen molar-refractivity contribution >= 4 is 40.7 Å². The fourth-order valence-corrected chi connectivity index (χ4v) is 7.50. The van der Waals surface area contributed by atoms with Crippen LogP contribution in [-0.2, 0) is 16.1 Å². The van der Waals surface area contributed by atoms with Crippen LogP contribution in [0.15, 0.2) is 88.0 Å². The summed E-state index contributed by atoms with van der Waals surface area (Å²) >= 11 is 12.7. The molecule has 3 heterocycles. The summed E-state index contributed by atoms with van der Waals surface area (Å²) in [6, 6.07) is 15.8. The zero-order valence-electron chi connectivity index (χ0n) is 22.6. The number of phenols is 1. The minimum atomic E-state index is -1.38. The molecule has 0 bridgehead atoms. The summed E-state index contributed by atoms with van der Waals surface area (Å²) in [6.07, 6.45) is 1.86. The standard InChI is InChI=1S/C31H23Cl2FN4O5/c1-31-21(27(40)36(28(31)41)17-7-10-24(34)23(33)13-17)15-25-20(26(31)19-9-8-18(39)14-22(19)32)11-12-35-29(42)37(30(43)38(25)35)16-5-3-2-4-6-16/h2-11,13-14,21,25-26,39H,12,15H2,1H3/t21-,25+,26-,31+/m0/s1. The number of phenolic OH excluding ortho intramolecular Hbond substituents is 1. The van der Waals surface area contributed by atoms with Crippen LogP contribution in [0.3, 0.4) is 0 Å². The van der Waals surface area contributed by atoms with Crippen molar-refractivity contribution in [1.82, 2.24) is 13.9 Å². The smallest absolute Gasteiger partial charge is 0.352 e. The third-order valence-corrected chi connectivity index (χ3v) is 9.63. The Hall–Kier alpha value is -4.41. The minimum Gasteiger partial charge on any atom is -0.508 e. The first-order chi connectivity index (χ1) is 20.5. The normalized spacial score (nSPS) is 24.4. The highest BCUT2D eigenvalue weighted by Gasteiger charge is 2.65. The van der Waals surface area contributed by atoms with E-state index in [2.05, 4.69) is 0 Å². The highest BCUT2D eigenvalue weighted by molar-refractivity contribution is 6.32. The molecule has 1 N–H and O–H groups in total. The number of halogens is 3. The van der Waals surface area contributed by atoms with E-state index >= 15 is 0 Å². The maximum absolute atomic E-state index is 14.4. The highest BCUT2D eigenvalue weighted by Crippen LogP contribution is 2.62. The van der Waals surface area contributed by atoms with Crippen LogP contribution in [0.4, 0.5) is 10.1 Å². The summed E-state index contributed by atoms with van der Waals surface area (Å²) in [5.41, 5.74) is -0.837. The highest BCUT2D eigenvalue weighted by atomic mass is 35.5. The fourth-order valence-electron chi connectivity index (χ4n) is 7.04. The third kappa shape index (κ3) is 3.76. The Labute approximate surface area is 253 Å². The average Bonchev–Trinajstić information content (AvgIpc) is 3.35. The Morgan fingerprint density at radius 2 is 1.65 bits per heavy atom. The topological polar surface area (TPSA) is 107 Å². The summed E-state index contributed by atoms with van der Waals surface area (Å²) < 4.78 is 17.8. The number of carbonyl (C=O) groups is 2. The minimum absolute atomic E-state index is 0.0443. The maximum Gasteiger partial charge on any atom is 0.352 e. The van der Waals surface area contributed by atoms with Gasteiger partial charge in [0.05, 0.1) is 40.3 Å². The molecule has 1 saturated heterocycles. The largest absolute Gasteiger partial charge is 0.508 e. The molecule has 43 heavy (non-hydrogen) atoms. The van der Waals surface area contributed by atoms with E-state index in [-0.39, 0.29) is 34.4 Å². The average molecular weight is 621 g/mol. The quantitative estimate of drug-likeness (QED) is 0.261. The maximum atomic E-state index is 14.4. The lowest BCUT2D eigenvalue weighted by Gasteiger charge is -2.47. The number of aromatic hydroxyl groups is 1. The predicted molar refractivity (Wildman–Crippen MR) is 157 cm³/mol. The Morgan fingerprint density at radius 3 is 2.35 bits per heavy atom. The van der Waals surface area contributed by atoms with Crippen LogP contribution in [-0.4, -0.2) is 30.9 Å². The zero-order chi connectivity index (χ0) is 30.4. The second-order valence-electron chi connectivity index (χ2n) is 11.2. The number of hydrogen-bond donors (Lipinski definition) is 1. The molecule has 12 heteroatoms. The lowest BCUT2D eigenvalue weighted by atomic mass is 9.56. The van der Waals surface area contributed by atoms with Gasteiger partial charge in [0.2, 0.25) is 11.8 Å². The molecular formula is C31H23Cl2FN4O5. The van der Waals surface area contributed by atoms with Crippen LogP contribution in [0.1, 0.15) is 30.9 Å². The van der Waals surface area contributed by atoms with Gasteiger partial charge in [0.25, 0.3) is 0 Å². The summed E-state index contributed by atoms with van der Waals surface area (Å²) in [5, 5.41) is 10.0. The van der Waals surface area contributed by atoms with E-state index in [1.54, 1.807) is 43.3 Å². The monoisotopic (exact) mass is 620 g/mol. The van der Waals surface area contributed by atoms with Gasteiger partial charge in [0.15, 0.2) is 0 Å². The molecule has 1 aliphatic carbocycles. The molecule has 2 aliphatic heterocycles. The fraction of sp³-hybridized carbons (Fsp3) is 0.226. The molecule has 4 atom stereocenters. The number of allylic oxidation sites excluding steroid dienone is 2. The number of benzene rings is 3. The number of imide groups is 1. The van der Waals surface area contributed by atoms with Crippen molar-refractivity contribution in [3.05, 3.63) is 121 Å². The number of rotatable bonds is 3. The second-order valence-corrected chi connectivity index (χ2v) is 12.0. The Morgan fingerprint density at radius 1 is 0.907 bits per heavy atom. The molecule has 0 radical (unpaired) electrons. The first kappa shape index (κ1) is 27.4. The summed E-state index contributed by atoms with van der Waals surface area (Å²) in [6.45, 7) is 1.74. The van der Waals surface area contributed by atoms with Crippen LogP contribution in [0.25, 0.3) is 5.69 Å². The molecule has 0 spiro atoms. The Balaban J connectivity index is 1.45. The van der Waals surface area contributed by atoms with Crippen molar-refractivity contribution in [1.29, 1.82) is 0 Å². The van der Waals surface area contributed by atoms with Crippen molar-refractivity contribution in [3.8, 4) is 11.4 Å². The van der Waals surface area contributed by atoms with E-state index in [4.69, 9.17) is 23.2 Å². The van der Waals surface area contributed by atoms with Crippen molar-refractivity contribution < 1.29 is 19.1 Å². The van der Waals surface area contributed by atoms with E-state index in [9.17, 15) is 28.7 Å². The Bertz CT molecular complexity index is 2020. The molecule has 3 aliphatic rings. The predicted octanol–water partition coefficient (Wildman–Crippen LogP) is 4.82. The van der Waals surface area contributed by atoms with Gasteiger partial charge in [0.1, 0.15) is 11.6 Å². The first-order valence-electron chi connectivity index (χ1n) is 13.6. The number of amides is 2. The molecule has 9 nitrogen and oxygen atoms in total. The van der Waals surface area contributed by atoms with E-state index in [1.807, 2.05) is 6.08 Å². The summed E-state index contributed by atoms with van der Waals surface area (Å²) in [5.74, 6) is -3.60. The van der Waals surface area contributed by atoms with Gasteiger partial charge in [-0.2, -0.15) is 0 Å². The van der Waals surface area contributed by atoms with Crippen molar-refractivity contribution in [2.24, 2.45) is 11.3 Å². The van der Waals surface area contributed by atoms with Crippen LogP contribution >= 0.6 is 23.2 Å². The molecule has 0 unspecified atom stereocenters. The van der Waals surface area contributed by atoms with Gasteiger partial charge < -0.3 is 5.11 Å². The van der Waals surface area contributed by atoms with Gasteiger partial charge in [-0.25, -0.2) is 32.8 Å². The third-order valence-electron chi connectivity index (χ3n) is 9.01. The van der Waals surface area contributed by atoms with Gasteiger partial charge in [-0.05, 0) is 66.9 Å². The van der Waals surface area contributed by atoms with Crippen molar-refractivity contribution in [3.63, 3.8) is 0 Å². The van der Waals surface area contributed by atoms with Gasteiger partial charge in [-0.15, -0.1) is 0 Å².